The second-order valence-corrected chi connectivity index (χ2v) is 7.83. The first kappa shape index (κ1) is 23.5. The van der Waals surface area contributed by atoms with Crippen LogP contribution in [0.4, 0.5) is 14.5 Å². The van der Waals surface area contributed by atoms with E-state index in [-0.39, 0.29) is 35.7 Å². The van der Waals surface area contributed by atoms with Crippen LogP contribution < -0.4 is 20.3 Å². The van der Waals surface area contributed by atoms with Crippen molar-refractivity contribution in [3.05, 3.63) is 53.7 Å². The highest BCUT2D eigenvalue weighted by molar-refractivity contribution is 14.0. The Hall–Kier alpha value is -2.17. The van der Waals surface area contributed by atoms with Gasteiger partial charge in [0.1, 0.15) is 17.3 Å². The molecular weight excluding hydrogens is 515 g/mol. The summed E-state index contributed by atoms with van der Waals surface area (Å²) < 4.78 is 33.8. The minimum absolute atomic E-state index is 0. The number of ether oxygens (including phenoxy) is 1. The third kappa shape index (κ3) is 6.41. The van der Waals surface area contributed by atoms with Crippen LogP contribution in [0.1, 0.15) is 24.8 Å². The Kier molecular flexibility index (Phi) is 8.28. The summed E-state index contributed by atoms with van der Waals surface area (Å²) >= 11 is 0. The Morgan fingerprint density at radius 1 is 1.23 bits per heavy atom. The molecule has 0 radical (unpaired) electrons. The highest BCUT2D eigenvalue weighted by atomic mass is 127. The fourth-order valence-electron chi connectivity index (χ4n) is 3.57. The maximum Gasteiger partial charge on any atom is 0.213 e. The van der Waals surface area contributed by atoms with Gasteiger partial charge in [0, 0.05) is 45.0 Å². The first-order valence-electron chi connectivity index (χ1n) is 10.4. The summed E-state index contributed by atoms with van der Waals surface area (Å²) in [4.78, 5) is 10.3. The van der Waals surface area contributed by atoms with Crippen LogP contribution in [0.5, 0.6) is 5.88 Å². The number of benzene rings is 1. The van der Waals surface area contributed by atoms with Gasteiger partial charge in [0.15, 0.2) is 5.96 Å². The van der Waals surface area contributed by atoms with Crippen LogP contribution in [0.25, 0.3) is 0 Å². The molecule has 2 heterocycles. The van der Waals surface area contributed by atoms with Crippen molar-refractivity contribution in [2.45, 2.75) is 31.8 Å². The highest BCUT2D eigenvalue weighted by Crippen LogP contribution is 2.29. The Balaban J connectivity index is 0.00000272. The maximum atomic E-state index is 14.0. The number of anilines is 1. The Morgan fingerprint density at radius 2 is 2.00 bits per heavy atom. The van der Waals surface area contributed by atoms with Gasteiger partial charge >= 0.3 is 0 Å². The van der Waals surface area contributed by atoms with E-state index in [1.54, 1.807) is 18.1 Å². The lowest BCUT2D eigenvalue weighted by atomic mass is 10.2. The molecule has 1 atom stereocenters. The van der Waals surface area contributed by atoms with Gasteiger partial charge in [-0.05, 0) is 48.9 Å². The lowest BCUT2D eigenvalue weighted by Crippen LogP contribution is -2.44. The molecule has 2 aliphatic rings. The molecule has 2 fully saturated rings. The lowest BCUT2D eigenvalue weighted by Gasteiger charge is -2.21. The van der Waals surface area contributed by atoms with Gasteiger partial charge in [-0.1, -0.05) is 6.07 Å². The predicted molar refractivity (Wildman–Crippen MR) is 128 cm³/mol. The van der Waals surface area contributed by atoms with Gasteiger partial charge in [0.2, 0.25) is 5.88 Å². The van der Waals surface area contributed by atoms with Crippen LogP contribution in [-0.2, 0) is 6.54 Å². The summed E-state index contributed by atoms with van der Waals surface area (Å²) in [5.74, 6) is 0.905. The molecule has 1 aromatic heterocycles. The molecule has 1 aliphatic heterocycles. The maximum absolute atomic E-state index is 14.0. The van der Waals surface area contributed by atoms with Crippen molar-refractivity contribution in [2.24, 2.45) is 10.9 Å². The molecule has 0 amide bonds. The number of rotatable bonds is 7. The molecule has 6 nitrogen and oxygen atoms in total. The number of halogens is 3. The number of pyridine rings is 1. The van der Waals surface area contributed by atoms with Gasteiger partial charge in [-0.25, -0.2) is 13.8 Å². The van der Waals surface area contributed by atoms with Gasteiger partial charge in [-0.2, -0.15) is 0 Å². The molecule has 4 rings (SSSR count). The van der Waals surface area contributed by atoms with Crippen molar-refractivity contribution in [3.8, 4) is 5.88 Å². The fourth-order valence-corrected chi connectivity index (χ4v) is 3.57. The molecule has 31 heavy (non-hydrogen) atoms. The van der Waals surface area contributed by atoms with E-state index in [0.717, 1.165) is 18.6 Å². The number of hydrogen-bond acceptors (Lipinski definition) is 4. The number of para-hydroxylation sites is 1. The fraction of sp³-hybridized carbons (Fsp3) is 0.455. The van der Waals surface area contributed by atoms with Gasteiger partial charge < -0.3 is 20.3 Å². The van der Waals surface area contributed by atoms with Crippen LogP contribution >= 0.6 is 24.0 Å². The minimum atomic E-state index is -0.532. The number of guanidine groups is 1. The largest absolute Gasteiger partial charge is 0.477 e. The molecule has 9 heteroatoms. The van der Waals surface area contributed by atoms with Gasteiger partial charge in [-0.15, -0.1) is 24.0 Å². The summed E-state index contributed by atoms with van der Waals surface area (Å²) in [5, 5.41) is 6.63. The highest BCUT2D eigenvalue weighted by Gasteiger charge is 2.27. The van der Waals surface area contributed by atoms with E-state index in [1.807, 2.05) is 12.1 Å². The van der Waals surface area contributed by atoms with Gasteiger partial charge in [-0.3, -0.25) is 4.99 Å². The standard InChI is InChI=1S/C22H27F2N5O.HI/c1-25-22(27-12-16-7-9-26-20(11-16)30-14-15-5-6-15)28-17-8-10-29(13-17)21-18(23)3-2-4-19(21)24;/h2-4,7,9,11,15,17H,5-6,8,10,12-14H2,1H3,(H2,25,27,28);1H. The normalized spacial score (nSPS) is 18.5. The van der Waals surface area contributed by atoms with Crippen molar-refractivity contribution in [2.75, 3.05) is 31.6 Å². The first-order valence-corrected chi connectivity index (χ1v) is 10.4. The number of aromatic nitrogens is 1. The number of nitrogens with zero attached hydrogens (tertiary/aromatic N) is 3. The molecule has 1 unspecified atom stereocenters. The molecule has 2 aromatic rings. The van der Waals surface area contributed by atoms with Crippen LogP contribution in [-0.4, -0.2) is 43.7 Å². The number of hydrogen-bond donors (Lipinski definition) is 2. The number of nitrogens with one attached hydrogen (secondary N) is 2. The Morgan fingerprint density at radius 3 is 2.71 bits per heavy atom. The first-order chi connectivity index (χ1) is 14.6. The summed E-state index contributed by atoms with van der Waals surface area (Å²) in [6, 6.07) is 7.87. The summed E-state index contributed by atoms with van der Waals surface area (Å²) in [5.41, 5.74) is 1.08. The average Bonchev–Trinajstić information content (AvgIpc) is 3.47. The minimum Gasteiger partial charge on any atom is -0.477 e. The molecular formula is C22H28F2IN5O. The zero-order chi connectivity index (χ0) is 20.9. The van der Waals surface area contributed by atoms with E-state index >= 15 is 0 Å². The van der Waals surface area contributed by atoms with E-state index in [1.165, 1.54) is 31.0 Å². The topological polar surface area (TPSA) is 61.8 Å². The molecule has 0 spiro atoms. The van der Waals surface area contributed by atoms with Crippen LogP contribution in [0.15, 0.2) is 41.5 Å². The second-order valence-electron chi connectivity index (χ2n) is 7.83. The zero-order valence-corrected chi connectivity index (χ0v) is 19.8. The van der Waals surface area contributed by atoms with Gasteiger partial charge in [0.05, 0.1) is 6.61 Å². The second kappa shape index (κ2) is 10.9. The third-order valence-electron chi connectivity index (χ3n) is 5.43. The molecule has 1 aromatic carbocycles. The smallest absolute Gasteiger partial charge is 0.213 e. The van der Waals surface area contributed by atoms with Crippen molar-refractivity contribution in [1.82, 2.24) is 15.6 Å². The molecule has 1 aliphatic carbocycles. The Labute approximate surface area is 198 Å². The Bertz CT molecular complexity index is 889. The summed E-state index contributed by atoms with van der Waals surface area (Å²) in [6.07, 6.45) is 4.99. The third-order valence-corrected chi connectivity index (χ3v) is 5.43. The SMILES string of the molecule is CN=C(NCc1ccnc(OCC2CC2)c1)NC1CCN(c2c(F)cccc2F)C1.I. The molecule has 0 bridgehead atoms. The van der Waals surface area contributed by atoms with Crippen LogP contribution in [0.3, 0.4) is 0 Å². The quantitative estimate of drug-likeness (QED) is 0.317. The predicted octanol–water partition coefficient (Wildman–Crippen LogP) is 3.71. The van der Waals surface area contributed by atoms with Crippen molar-refractivity contribution in [3.63, 3.8) is 0 Å². The van der Waals surface area contributed by atoms with Crippen molar-refractivity contribution in [1.29, 1.82) is 0 Å². The summed E-state index contributed by atoms with van der Waals surface area (Å²) in [7, 11) is 1.70. The molecule has 168 valence electrons. The average molecular weight is 543 g/mol. The van der Waals surface area contributed by atoms with Crippen molar-refractivity contribution < 1.29 is 13.5 Å². The lowest BCUT2D eigenvalue weighted by molar-refractivity contribution is 0.288. The van der Waals surface area contributed by atoms with Crippen LogP contribution in [0, 0.1) is 17.6 Å². The molecule has 1 saturated carbocycles. The van der Waals surface area contributed by atoms with E-state index in [9.17, 15) is 8.78 Å². The monoisotopic (exact) mass is 543 g/mol. The molecule has 1 saturated heterocycles. The summed E-state index contributed by atoms with van der Waals surface area (Å²) in [6.45, 7) is 2.39. The molecule has 2 N–H and O–H groups in total. The number of aliphatic imine (C=N–C) groups is 1. The van der Waals surface area contributed by atoms with Gasteiger partial charge in [0.25, 0.3) is 0 Å². The van der Waals surface area contributed by atoms with Crippen LogP contribution in [0.2, 0.25) is 0 Å². The van der Waals surface area contributed by atoms with E-state index < -0.39 is 11.6 Å². The van der Waals surface area contributed by atoms with Crippen molar-refractivity contribution >= 4 is 35.6 Å². The van der Waals surface area contributed by atoms with E-state index in [2.05, 4.69) is 20.6 Å². The van der Waals surface area contributed by atoms with E-state index in [0.29, 0.717) is 37.4 Å². The van der Waals surface area contributed by atoms with E-state index in [4.69, 9.17) is 4.74 Å². The zero-order valence-electron chi connectivity index (χ0n) is 17.5.